The van der Waals surface area contributed by atoms with Crippen LogP contribution in [-0.2, 0) is 10.0 Å². The topological polar surface area (TPSA) is 71.5 Å². The largest absolute Gasteiger partial charge is 0.478 e. The van der Waals surface area contributed by atoms with E-state index in [0.717, 1.165) is 0 Å². The maximum Gasteiger partial charge on any atom is 0.215 e. The van der Waals surface area contributed by atoms with E-state index in [2.05, 4.69) is 10.3 Å². The van der Waals surface area contributed by atoms with E-state index < -0.39 is 10.0 Å². The van der Waals surface area contributed by atoms with Crippen molar-refractivity contribution in [2.45, 2.75) is 6.92 Å². The van der Waals surface area contributed by atoms with Gasteiger partial charge in [-0.1, -0.05) is 6.07 Å². The van der Waals surface area contributed by atoms with Gasteiger partial charge in [0, 0.05) is 26.7 Å². The highest BCUT2D eigenvalue weighted by molar-refractivity contribution is 7.89. The molecule has 1 heterocycles. The van der Waals surface area contributed by atoms with Crippen molar-refractivity contribution in [2.75, 3.05) is 38.3 Å². The van der Waals surface area contributed by atoms with Gasteiger partial charge in [0.15, 0.2) is 0 Å². The monoisotopic (exact) mass is 273 g/mol. The maximum atomic E-state index is 11.5. The highest BCUT2D eigenvalue weighted by Crippen LogP contribution is 2.11. The summed E-state index contributed by atoms with van der Waals surface area (Å²) in [6.45, 7) is 2.74. The number of nitrogens with one attached hydrogen (secondary N) is 1. The van der Waals surface area contributed by atoms with Gasteiger partial charge in [0.25, 0.3) is 0 Å². The Bertz CT molecular complexity index is 474. The second kappa shape index (κ2) is 6.55. The number of hydrogen-bond donors (Lipinski definition) is 1. The number of hydrogen-bond acceptors (Lipinski definition) is 5. The Morgan fingerprint density at radius 1 is 1.39 bits per heavy atom. The first-order valence-corrected chi connectivity index (χ1v) is 7.30. The molecule has 0 fully saturated rings. The molecule has 0 saturated carbocycles. The molecule has 0 aliphatic heterocycles. The summed E-state index contributed by atoms with van der Waals surface area (Å²) in [5.74, 6) is 1.16. The fraction of sp³-hybridized carbons (Fsp3) is 0.545. The molecule has 0 atom stereocenters. The van der Waals surface area contributed by atoms with E-state index in [-0.39, 0.29) is 5.75 Å². The smallest absolute Gasteiger partial charge is 0.215 e. The van der Waals surface area contributed by atoms with Crippen molar-refractivity contribution in [3.63, 3.8) is 0 Å². The molecule has 0 amide bonds. The molecule has 0 saturated heterocycles. The van der Waals surface area contributed by atoms with Crippen molar-refractivity contribution in [3.8, 4) is 5.88 Å². The van der Waals surface area contributed by atoms with Crippen molar-refractivity contribution >= 4 is 15.8 Å². The fourth-order valence-electron chi connectivity index (χ4n) is 1.23. The Hall–Kier alpha value is -1.34. The van der Waals surface area contributed by atoms with Crippen LogP contribution in [0, 0.1) is 0 Å². The summed E-state index contributed by atoms with van der Waals surface area (Å²) in [4.78, 5) is 4.19. The van der Waals surface area contributed by atoms with E-state index in [9.17, 15) is 8.42 Å². The van der Waals surface area contributed by atoms with Crippen LogP contribution in [0.2, 0.25) is 0 Å². The van der Waals surface area contributed by atoms with Gasteiger partial charge in [-0.2, -0.15) is 4.98 Å². The third-order valence-corrected chi connectivity index (χ3v) is 4.07. The predicted octanol–water partition coefficient (Wildman–Crippen LogP) is 0.784. The molecule has 1 N–H and O–H groups in total. The number of pyridine rings is 1. The average molecular weight is 273 g/mol. The third-order valence-electron chi connectivity index (χ3n) is 2.24. The minimum Gasteiger partial charge on any atom is -0.478 e. The molecule has 1 aromatic heterocycles. The zero-order valence-corrected chi connectivity index (χ0v) is 11.7. The fourth-order valence-corrected chi connectivity index (χ4v) is 1.96. The lowest BCUT2D eigenvalue weighted by molar-refractivity contribution is 0.327. The molecule has 0 aliphatic carbocycles. The van der Waals surface area contributed by atoms with Crippen molar-refractivity contribution < 1.29 is 13.2 Å². The molecule has 0 spiro atoms. The lowest BCUT2D eigenvalue weighted by Crippen LogP contribution is -2.28. The number of aromatic nitrogens is 1. The van der Waals surface area contributed by atoms with Crippen LogP contribution in [0.3, 0.4) is 0 Å². The van der Waals surface area contributed by atoms with E-state index >= 15 is 0 Å². The van der Waals surface area contributed by atoms with Crippen LogP contribution in [-0.4, -0.2) is 50.7 Å². The van der Waals surface area contributed by atoms with Gasteiger partial charge < -0.3 is 10.1 Å². The quantitative estimate of drug-likeness (QED) is 0.795. The molecule has 0 bridgehead atoms. The van der Waals surface area contributed by atoms with Gasteiger partial charge in [-0.3, -0.25) is 0 Å². The van der Waals surface area contributed by atoms with Gasteiger partial charge >= 0.3 is 0 Å². The first-order chi connectivity index (χ1) is 8.45. The minimum atomic E-state index is -3.18. The number of rotatable bonds is 7. The SMILES string of the molecule is CCOc1cccc(NCCS(=O)(=O)N(C)C)n1. The van der Waals surface area contributed by atoms with Crippen LogP contribution in [0.15, 0.2) is 18.2 Å². The van der Waals surface area contributed by atoms with E-state index in [1.165, 1.54) is 18.4 Å². The summed E-state index contributed by atoms with van der Waals surface area (Å²) in [6.07, 6.45) is 0. The van der Waals surface area contributed by atoms with E-state index in [4.69, 9.17) is 4.74 Å². The van der Waals surface area contributed by atoms with Crippen molar-refractivity contribution in [1.82, 2.24) is 9.29 Å². The number of nitrogens with zero attached hydrogens (tertiary/aromatic N) is 2. The lowest BCUT2D eigenvalue weighted by Gasteiger charge is -2.12. The van der Waals surface area contributed by atoms with Gasteiger partial charge in [-0.05, 0) is 13.0 Å². The molecular formula is C11H19N3O3S. The van der Waals surface area contributed by atoms with Crippen LogP contribution in [0.1, 0.15) is 6.92 Å². The summed E-state index contributed by atoms with van der Waals surface area (Å²) < 4.78 is 29.5. The Morgan fingerprint density at radius 3 is 2.72 bits per heavy atom. The van der Waals surface area contributed by atoms with Gasteiger partial charge in [0.2, 0.25) is 15.9 Å². The van der Waals surface area contributed by atoms with Crippen LogP contribution >= 0.6 is 0 Å². The number of ether oxygens (including phenoxy) is 1. The van der Waals surface area contributed by atoms with Crippen molar-refractivity contribution in [3.05, 3.63) is 18.2 Å². The first kappa shape index (κ1) is 14.7. The van der Waals surface area contributed by atoms with Gasteiger partial charge in [0.1, 0.15) is 5.82 Å². The predicted molar refractivity (Wildman–Crippen MR) is 71.4 cm³/mol. The molecular weight excluding hydrogens is 254 g/mol. The van der Waals surface area contributed by atoms with Crippen LogP contribution in [0.4, 0.5) is 5.82 Å². The summed E-state index contributed by atoms with van der Waals surface area (Å²) in [5.41, 5.74) is 0. The third kappa shape index (κ3) is 4.50. The molecule has 0 unspecified atom stereocenters. The molecule has 1 aromatic rings. The van der Waals surface area contributed by atoms with E-state index in [1.54, 1.807) is 18.2 Å². The summed E-state index contributed by atoms with van der Waals surface area (Å²) in [5, 5.41) is 2.96. The average Bonchev–Trinajstić information content (AvgIpc) is 2.29. The summed E-state index contributed by atoms with van der Waals surface area (Å²) in [7, 11) is -0.143. The van der Waals surface area contributed by atoms with Crippen LogP contribution in [0.25, 0.3) is 0 Å². The van der Waals surface area contributed by atoms with Crippen molar-refractivity contribution in [1.29, 1.82) is 0 Å². The van der Waals surface area contributed by atoms with Gasteiger partial charge in [-0.25, -0.2) is 12.7 Å². The van der Waals surface area contributed by atoms with Crippen molar-refractivity contribution in [2.24, 2.45) is 0 Å². The maximum absolute atomic E-state index is 11.5. The molecule has 0 radical (unpaired) electrons. The zero-order chi connectivity index (χ0) is 13.6. The highest BCUT2D eigenvalue weighted by atomic mass is 32.2. The van der Waals surface area contributed by atoms with E-state index in [0.29, 0.717) is 24.8 Å². The Morgan fingerprint density at radius 2 is 2.11 bits per heavy atom. The Labute approximate surface area is 108 Å². The summed E-state index contributed by atoms with van der Waals surface area (Å²) >= 11 is 0. The number of anilines is 1. The van der Waals surface area contributed by atoms with E-state index in [1.807, 2.05) is 6.92 Å². The molecule has 6 nitrogen and oxygen atoms in total. The molecule has 1 rings (SSSR count). The van der Waals surface area contributed by atoms with Crippen LogP contribution in [0.5, 0.6) is 5.88 Å². The van der Waals surface area contributed by atoms with Gasteiger partial charge in [0.05, 0.1) is 12.4 Å². The second-order valence-electron chi connectivity index (χ2n) is 3.82. The first-order valence-electron chi connectivity index (χ1n) is 5.69. The lowest BCUT2D eigenvalue weighted by atomic mass is 10.4. The Kier molecular flexibility index (Phi) is 5.36. The molecule has 0 aliphatic rings. The molecule has 18 heavy (non-hydrogen) atoms. The minimum absolute atomic E-state index is 0.0283. The van der Waals surface area contributed by atoms with Gasteiger partial charge in [-0.15, -0.1) is 0 Å². The standard InChI is InChI=1S/C11H19N3O3S/c1-4-17-11-7-5-6-10(13-11)12-8-9-18(15,16)14(2)3/h5-7H,4,8-9H2,1-3H3,(H,12,13). The normalized spacial score (nSPS) is 11.6. The van der Waals surface area contributed by atoms with Crippen LogP contribution < -0.4 is 10.1 Å². The molecule has 7 heteroatoms. The molecule has 0 aromatic carbocycles. The Balaban J connectivity index is 2.51. The zero-order valence-electron chi connectivity index (χ0n) is 10.9. The highest BCUT2D eigenvalue weighted by Gasteiger charge is 2.12. The number of sulfonamides is 1. The summed E-state index contributed by atoms with van der Waals surface area (Å²) in [6, 6.07) is 5.33. The second-order valence-corrected chi connectivity index (χ2v) is 6.12. The molecule has 102 valence electrons.